The molecule has 0 radical (unpaired) electrons. The molecule has 0 bridgehead atoms. The third-order valence-corrected chi connectivity index (χ3v) is 3.27. The molecule has 3 heteroatoms. The summed E-state index contributed by atoms with van der Waals surface area (Å²) in [6.45, 7) is 1.16. The minimum Gasteiger partial charge on any atom is -0.491 e. The Morgan fingerprint density at radius 3 is 2.61 bits per heavy atom. The van der Waals surface area contributed by atoms with E-state index in [1.165, 1.54) is 0 Å². The molecule has 0 aromatic heterocycles. The average Bonchev–Trinajstić information content (AvgIpc) is 2.40. The van der Waals surface area contributed by atoms with Crippen molar-refractivity contribution in [3.63, 3.8) is 0 Å². The van der Waals surface area contributed by atoms with Gasteiger partial charge in [0, 0.05) is 11.6 Å². The maximum absolute atomic E-state index is 5.61. The van der Waals surface area contributed by atoms with Crippen molar-refractivity contribution in [1.82, 2.24) is 0 Å². The van der Waals surface area contributed by atoms with Crippen LogP contribution in [-0.2, 0) is 4.74 Å². The summed E-state index contributed by atoms with van der Waals surface area (Å²) in [5.41, 5.74) is 2.30. The Balaban J connectivity index is 2.19. The predicted molar refractivity (Wildman–Crippen MR) is 76.9 cm³/mol. The minimum atomic E-state index is 0.565. The van der Waals surface area contributed by atoms with Crippen molar-refractivity contribution in [2.45, 2.75) is 0 Å². The summed E-state index contributed by atoms with van der Waals surface area (Å²) in [5, 5.41) is 0. The van der Waals surface area contributed by atoms with Gasteiger partial charge in [-0.25, -0.2) is 0 Å². The monoisotopic (exact) mass is 306 g/mol. The van der Waals surface area contributed by atoms with Crippen molar-refractivity contribution in [3.8, 4) is 16.9 Å². The van der Waals surface area contributed by atoms with Crippen molar-refractivity contribution in [2.24, 2.45) is 0 Å². The van der Waals surface area contributed by atoms with Gasteiger partial charge in [0.1, 0.15) is 12.4 Å². The van der Waals surface area contributed by atoms with E-state index in [0.717, 1.165) is 21.3 Å². The van der Waals surface area contributed by atoms with Crippen LogP contribution in [0.4, 0.5) is 0 Å². The molecular weight excluding hydrogens is 292 g/mol. The van der Waals surface area contributed by atoms with Gasteiger partial charge in [-0.15, -0.1) is 0 Å². The van der Waals surface area contributed by atoms with Crippen LogP contribution < -0.4 is 4.74 Å². The molecule has 18 heavy (non-hydrogen) atoms. The van der Waals surface area contributed by atoms with Crippen molar-refractivity contribution in [1.29, 1.82) is 0 Å². The van der Waals surface area contributed by atoms with Crippen LogP contribution in [-0.4, -0.2) is 20.3 Å². The zero-order chi connectivity index (χ0) is 12.8. The smallest absolute Gasteiger partial charge is 0.120 e. The molecule has 0 unspecified atom stereocenters. The van der Waals surface area contributed by atoms with Gasteiger partial charge in [-0.05, 0) is 29.3 Å². The van der Waals surface area contributed by atoms with Gasteiger partial charge in [-0.3, -0.25) is 0 Å². The van der Waals surface area contributed by atoms with Crippen LogP contribution in [0.1, 0.15) is 0 Å². The lowest BCUT2D eigenvalue weighted by atomic mass is 10.1. The van der Waals surface area contributed by atoms with Crippen LogP contribution in [0.25, 0.3) is 11.1 Å². The van der Waals surface area contributed by atoms with E-state index < -0.39 is 0 Å². The Labute approximate surface area is 116 Å². The molecule has 0 spiro atoms. The molecule has 0 saturated heterocycles. The van der Waals surface area contributed by atoms with Gasteiger partial charge in [0.15, 0.2) is 0 Å². The molecule has 0 aliphatic carbocycles. The van der Waals surface area contributed by atoms with E-state index in [1.54, 1.807) is 7.11 Å². The highest BCUT2D eigenvalue weighted by molar-refractivity contribution is 9.10. The van der Waals surface area contributed by atoms with Gasteiger partial charge < -0.3 is 9.47 Å². The van der Waals surface area contributed by atoms with Crippen LogP contribution in [0.15, 0.2) is 53.0 Å². The maximum Gasteiger partial charge on any atom is 0.120 e. The summed E-state index contributed by atoms with van der Waals surface area (Å²) in [5.74, 6) is 0.861. The summed E-state index contributed by atoms with van der Waals surface area (Å²) in [7, 11) is 1.67. The van der Waals surface area contributed by atoms with E-state index in [0.29, 0.717) is 13.2 Å². The van der Waals surface area contributed by atoms with Gasteiger partial charge in [0.2, 0.25) is 0 Å². The van der Waals surface area contributed by atoms with Gasteiger partial charge in [-0.2, -0.15) is 0 Å². The third-order valence-electron chi connectivity index (χ3n) is 2.58. The van der Waals surface area contributed by atoms with Gasteiger partial charge >= 0.3 is 0 Å². The second kappa shape index (κ2) is 6.57. The highest BCUT2D eigenvalue weighted by Crippen LogP contribution is 2.30. The van der Waals surface area contributed by atoms with Crippen molar-refractivity contribution in [3.05, 3.63) is 53.0 Å². The van der Waals surface area contributed by atoms with Crippen LogP contribution in [0.3, 0.4) is 0 Å². The first-order valence-electron chi connectivity index (χ1n) is 5.78. The molecule has 2 rings (SSSR count). The topological polar surface area (TPSA) is 18.5 Å². The summed E-state index contributed by atoms with van der Waals surface area (Å²) in [6, 6.07) is 16.2. The fourth-order valence-electron chi connectivity index (χ4n) is 1.69. The molecule has 0 atom stereocenters. The minimum absolute atomic E-state index is 0.565. The van der Waals surface area contributed by atoms with E-state index in [2.05, 4.69) is 28.1 Å². The van der Waals surface area contributed by atoms with Crippen molar-refractivity contribution >= 4 is 15.9 Å². The van der Waals surface area contributed by atoms with Crippen molar-refractivity contribution in [2.75, 3.05) is 20.3 Å². The number of ether oxygens (including phenoxy) is 2. The molecule has 0 heterocycles. The number of rotatable bonds is 5. The summed E-state index contributed by atoms with van der Waals surface area (Å²) < 4.78 is 11.7. The second-order valence-corrected chi connectivity index (χ2v) is 4.70. The predicted octanol–water partition coefficient (Wildman–Crippen LogP) is 4.14. The largest absolute Gasteiger partial charge is 0.491 e. The molecule has 0 fully saturated rings. The SMILES string of the molecule is COCCOc1cccc(-c2ccccc2Br)c1. The average molecular weight is 307 g/mol. The summed E-state index contributed by atoms with van der Waals surface area (Å²) in [6.07, 6.45) is 0. The maximum atomic E-state index is 5.61. The van der Waals surface area contributed by atoms with E-state index in [1.807, 2.05) is 36.4 Å². The Morgan fingerprint density at radius 2 is 1.83 bits per heavy atom. The van der Waals surface area contributed by atoms with Crippen LogP contribution >= 0.6 is 15.9 Å². The lowest BCUT2D eigenvalue weighted by Gasteiger charge is -2.09. The third kappa shape index (κ3) is 3.34. The first-order valence-corrected chi connectivity index (χ1v) is 6.57. The fraction of sp³-hybridized carbons (Fsp3) is 0.200. The number of halogens is 1. The lowest BCUT2D eigenvalue weighted by Crippen LogP contribution is -2.04. The molecule has 2 aromatic rings. The van der Waals surface area contributed by atoms with E-state index in [9.17, 15) is 0 Å². The van der Waals surface area contributed by atoms with Crippen LogP contribution in [0.5, 0.6) is 5.75 Å². The Kier molecular flexibility index (Phi) is 4.79. The summed E-state index contributed by atoms with van der Waals surface area (Å²) >= 11 is 3.56. The van der Waals surface area contributed by atoms with E-state index >= 15 is 0 Å². The van der Waals surface area contributed by atoms with Gasteiger partial charge in [0.05, 0.1) is 6.61 Å². The molecule has 94 valence electrons. The van der Waals surface area contributed by atoms with Crippen LogP contribution in [0, 0.1) is 0 Å². The second-order valence-electron chi connectivity index (χ2n) is 3.85. The highest BCUT2D eigenvalue weighted by Gasteiger charge is 2.03. The fourth-order valence-corrected chi connectivity index (χ4v) is 2.21. The molecule has 0 saturated carbocycles. The standard InChI is InChI=1S/C15H15BrO2/c1-17-9-10-18-13-6-4-5-12(11-13)14-7-2-3-8-15(14)16/h2-8,11H,9-10H2,1H3. The molecule has 0 aliphatic heterocycles. The Bertz CT molecular complexity index is 511. The number of hydrogen-bond donors (Lipinski definition) is 0. The molecular formula is C15H15BrO2. The van der Waals surface area contributed by atoms with E-state index in [-0.39, 0.29) is 0 Å². The van der Waals surface area contributed by atoms with Crippen LogP contribution in [0.2, 0.25) is 0 Å². The number of hydrogen-bond acceptors (Lipinski definition) is 2. The molecule has 2 nitrogen and oxygen atoms in total. The van der Waals surface area contributed by atoms with Gasteiger partial charge in [-0.1, -0.05) is 46.3 Å². The molecule has 0 aliphatic rings. The van der Waals surface area contributed by atoms with Gasteiger partial charge in [0.25, 0.3) is 0 Å². The van der Waals surface area contributed by atoms with Crippen molar-refractivity contribution < 1.29 is 9.47 Å². The molecule has 2 aromatic carbocycles. The molecule has 0 amide bonds. The molecule has 0 N–H and O–H groups in total. The Morgan fingerprint density at radius 1 is 1.00 bits per heavy atom. The zero-order valence-electron chi connectivity index (χ0n) is 10.2. The quantitative estimate of drug-likeness (QED) is 0.773. The first-order chi connectivity index (χ1) is 8.81. The number of methoxy groups -OCH3 is 1. The summed E-state index contributed by atoms with van der Waals surface area (Å²) in [4.78, 5) is 0. The number of benzene rings is 2. The lowest BCUT2D eigenvalue weighted by molar-refractivity contribution is 0.146. The van der Waals surface area contributed by atoms with E-state index in [4.69, 9.17) is 9.47 Å². The first kappa shape index (κ1) is 13.1. The Hall–Kier alpha value is -1.32. The normalized spacial score (nSPS) is 10.3. The zero-order valence-corrected chi connectivity index (χ0v) is 11.8. The highest BCUT2D eigenvalue weighted by atomic mass is 79.9.